The zero-order valence-corrected chi connectivity index (χ0v) is 16.5. The number of thiophene rings is 1. The first-order chi connectivity index (χ1) is 13.1. The summed E-state index contributed by atoms with van der Waals surface area (Å²) in [6.07, 6.45) is 1.50. The molecule has 0 aliphatic heterocycles. The van der Waals surface area contributed by atoms with Crippen molar-refractivity contribution in [2.45, 2.75) is 5.03 Å². The van der Waals surface area contributed by atoms with Crippen LogP contribution >= 0.6 is 23.1 Å². The van der Waals surface area contributed by atoms with E-state index in [9.17, 15) is 9.59 Å². The van der Waals surface area contributed by atoms with Crippen molar-refractivity contribution in [1.29, 1.82) is 0 Å². The summed E-state index contributed by atoms with van der Waals surface area (Å²) in [4.78, 5) is 35.2. The molecule has 2 aromatic heterocycles. The van der Waals surface area contributed by atoms with Crippen molar-refractivity contribution in [2.75, 3.05) is 31.8 Å². The number of amides is 2. The number of nitrogens with one attached hydrogen (secondary N) is 1. The third kappa shape index (κ3) is 4.95. The van der Waals surface area contributed by atoms with Gasteiger partial charge in [0.15, 0.2) is 0 Å². The smallest absolute Gasteiger partial charge is 0.243 e. The summed E-state index contributed by atoms with van der Waals surface area (Å²) in [6, 6.07) is 9.00. The van der Waals surface area contributed by atoms with Gasteiger partial charge in [-0.05, 0) is 23.6 Å². The summed E-state index contributed by atoms with van der Waals surface area (Å²) < 4.78 is 5.13. The number of carbonyl (C=O) groups excluding carboxylic acids is 2. The number of aromatic nitrogens is 2. The summed E-state index contributed by atoms with van der Waals surface area (Å²) in [7, 11) is 3.17. The molecule has 0 bridgehead atoms. The topological polar surface area (TPSA) is 84.4 Å². The van der Waals surface area contributed by atoms with Crippen molar-refractivity contribution in [3.8, 4) is 5.75 Å². The number of hydrogen-bond donors (Lipinski definition) is 1. The molecule has 2 amide bonds. The van der Waals surface area contributed by atoms with Crippen LogP contribution in [0.3, 0.4) is 0 Å². The average molecular weight is 403 g/mol. The van der Waals surface area contributed by atoms with Gasteiger partial charge in [0.25, 0.3) is 0 Å². The van der Waals surface area contributed by atoms with Crippen LogP contribution in [0.1, 0.15) is 0 Å². The van der Waals surface area contributed by atoms with E-state index in [1.807, 2.05) is 11.4 Å². The van der Waals surface area contributed by atoms with Crippen molar-refractivity contribution in [1.82, 2.24) is 14.9 Å². The largest absolute Gasteiger partial charge is 0.497 e. The molecule has 1 N–H and O–H groups in total. The Labute approximate surface area is 164 Å². The van der Waals surface area contributed by atoms with E-state index < -0.39 is 0 Å². The highest BCUT2D eigenvalue weighted by atomic mass is 32.2. The van der Waals surface area contributed by atoms with Crippen molar-refractivity contribution in [3.05, 3.63) is 42.0 Å². The predicted molar refractivity (Wildman–Crippen MR) is 107 cm³/mol. The predicted octanol–water partition coefficient (Wildman–Crippen LogP) is 2.89. The van der Waals surface area contributed by atoms with Crippen molar-refractivity contribution >= 4 is 50.8 Å². The van der Waals surface area contributed by atoms with E-state index in [4.69, 9.17) is 4.74 Å². The van der Waals surface area contributed by atoms with Gasteiger partial charge < -0.3 is 15.0 Å². The number of rotatable bonds is 7. The van der Waals surface area contributed by atoms with Crippen LogP contribution in [0.25, 0.3) is 10.2 Å². The molecule has 0 atom stereocenters. The molecule has 0 saturated carbocycles. The molecular formula is C18H18N4O3S2. The zero-order valence-electron chi connectivity index (χ0n) is 14.8. The molecular weight excluding hydrogens is 384 g/mol. The summed E-state index contributed by atoms with van der Waals surface area (Å²) >= 11 is 2.88. The highest BCUT2D eigenvalue weighted by Crippen LogP contribution is 2.27. The second-order valence-electron chi connectivity index (χ2n) is 5.64. The quantitative estimate of drug-likeness (QED) is 0.483. The van der Waals surface area contributed by atoms with E-state index in [0.29, 0.717) is 11.4 Å². The van der Waals surface area contributed by atoms with E-state index in [0.717, 1.165) is 15.2 Å². The van der Waals surface area contributed by atoms with Gasteiger partial charge in [-0.15, -0.1) is 11.3 Å². The normalized spacial score (nSPS) is 10.6. The number of hydrogen-bond acceptors (Lipinski definition) is 7. The van der Waals surface area contributed by atoms with Crippen LogP contribution < -0.4 is 10.1 Å². The number of nitrogens with zero attached hydrogens (tertiary/aromatic N) is 3. The monoisotopic (exact) mass is 402 g/mol. The number of ether oxygens (including phenoxy) is 1. The molecule has 3 aromatic rings. The van der Waals surface area contributed by atoms with E-state index in [-0.39, 0.29) is 24.1 Å². The zero-order chi connectivity index (χ0) is 19.2. The SMILES string of the molecule is COc1cccc(NC(=O)CN(C)C(=O)CSc2ncnc3sccc23)c1. The van der Waals surface area contributed by atoms with Crippen LogP contribution in [-0.2, 0) is 9.59 Å². The lowest BCUT2D eigenvalue weighted by Gasteiger charge is -2.16. The summed E-state index contributed by atoms with van der Waals surface area (Å²) in [5.41, 5.74) is 0.621. The first kappa shape index (κ1) is 19.1. The molecule has 0 spiro atoms. The van der Waals surface area contributed by atoms with E-state index in [1.165, 1.54) is 34.3 Å². The minimum absolute atomic E-state index is 0.0335. The summed E-state index contributed by atoms with van der Waals surface area (Å²) in [5, 5.41) is 6.41. The Kier molecular flexibility index (Phi) is 6.25. The highest BCUT2D eigenvalue weighted by molar-refractivity contribution is 8.00. The first-order valence-electron chi connectivity index (χ1n) is 8.05. The van der Waals surface area contributed by atoms with Gasteiger partial charge in [0.2, 0.25) is 11.8 Å². The number of fused-ring (bicyclic) bond motifs is 1. The second-order valence-corrected chi connectivity index (χ2v) is 7.50. The third-order valence-corrected chi connectivity index (χ3v) is 5.53. The number of benzene rings is 1. The molecule has 9 heteroatoms. The lowest BCUT2D eigenvalue weighted by molar-refractivity contribution is -0.131. The van der Waals surface area contributed by atoms with E-state index >= 15 is 0 Å². The maximum absolute atomic E-state index is 12.3. The first-order valence-corrected chi connectivity index (χ1v) is 9.92. The summed E-state index contributed by atoms with van der Waals surface area (Å²) in [6.45, 7) is -0.0335. The molecule has 7 nitrogen and oxygen atoms in total. The van der Waals surface area contributed by atoms with Crippen LogP contribution in [0.2, 0.25) is 0 Å². The van der Waals surface area contributed by atoms with Gasteiger partial charge in [-0.3, -0.25) is 9.59 Å². The summed E-state index contributed by atoms with van der Waals surface area (Å²) in [5.74, 6) is 0.428. The Morgan fingerprint density at radius 1 is 1.30 bits per heavy atom. The van der Waals surface area contributed by atoms with Gasteiger partial charge in [-0.1, -0.05) is 17.8 Å². The maximum Gasteiger partial charge on any atom is 0.243 e. The molecule has 1 aromatic carbocycles. The number of thioether (sulfide) groups is 1. The minimum atomic E-state index is -0.272. The molecule has 0 fully saturated rings. The Morgan fingerprint density at radius 3 is 2.96 bits per heavy atom. The Morgan fingerprint density at radius 2 is 2.15 bits per heavy atom. The standard InChI is InChI=1S/C18H18N4O3S2/c1-22(9-15(23)21-12-4-3-5-13(8-12)25-2)16(24)10-27-18-14-6-7-26-17(14)19-11-20-18/h3-8,11H,9-10H2,1-2H3,(H,21,23). The number of likely N-dealkylation sites (N-methyl/N-ethyl adjacent to an activating group) is 1. The van der Waals surface area contributed by atoms with Gasteiger partial charge in [-0.25, -0.2) is 9.97 Å². The van der Waals surface area contributed by atoms with Crippen LogP contribution in [0.4, 0.5) is 5.69 Å². The number of anilines is 1. The molecule has 0 saturated heterocycles. The average Bonchev–Trinajstić information content (AvgIpc) is 3.15. The van der Waals surface area contributed by atoms with Crippen LogP contribution in [0.15, 0.2) is 47.1 Å². The van der Waals surface area contributed by atoms with Crippen LogP contribution in [0, 0.1) is 0 Å². The van der Waals surface area contributed by atoms with Gasteiger partial charge in [0, 0.05) is 24.2 Å². The lowest BCUT2D eigenvalue weighted by Crippen LogP contribution is -2.35. The number of methoxy groups -OCH3 is 1. The van der Waals surface area contributed by atoms with Gasteiger partial charge >= 0.3 is 0 Å². The Balaban J connectivity index is 1.52. The van der Waals surface area contributed by atoms with Gasteiger partial charge in [0.05, 0.1) is 19.4 Å². The third-order valence-electron chi connectivity index (χ3n) is 3.72. The van der Waals surface area contributed by atoms with Crippen molar-refractivity contribution < 1.29 is 14.3 Å². The second kappa shape index (κ2) is 8.83. The molecule has 0 radical (unpaired) electrons. The molecule has 2 heterocycles. The minimum Gasteiger partial charge on any atom is -0.497 e. The van der Waals surface area contributed by atoms with Crippen LogP contribution in [-0.4, -0.2) is 53.1 Å². The molecule has 0 aliphatic carbocycles. The molecule has 0 aliphatic rings. The highest BCUT2D eigenvalue weighted by Gasteiger charge is 2.15. The number of carbonyl (C=O) groups is 2. The molecule has 27 heavy (non-hydrogen) atoms. The lowest BCUT2D eigenvalue weighted by atomic mass is 10.3. The van der Waals surface area contributed by atoms with Gasteiger partial charge in [0.1, 0.15) is 21.9 Å². The molecule has 3 rings (SSSR count). The molecule has 0 unspecified atom stereocenters. The van der Waals surface area contributed by atoms with Crippen molar-refractivity contribution in [3.63, 3.8) is 0 Å². The fraction of sp³-hybridized carbons (Fsp3) is 0.222. The van der Waals surface area contributed by atoms with E-state index in [2.05, 4.69) is 15.3 Å². The molecule has 140 valence electrons. The fourth-order valence-electron chi connectivity index (χ4n) is 2.33. The van der Waals surface area contributed by atoms with E-state index in [1.54, 1.807) is 38.4 Å². The maximum atomic E-state index is 12.3. The van der Waals surface area contributed by atoms with Crippen LogP contribution in [0.5, 0.6) is 5.75 Å². The van der Waals surface area contributed by atoms with Gasteiger partial charge in [-0.2, -0.15) is 0 Å². The Bertz CT molecular complexity index is 960. The fourth-order valence-corrected chi connectivity index (χ4v) is 4.05. The Hall–Kier alpha value is -2.65. The van der Waals surface area contributed by atoms with Crippen molar-refractivity contribution in [2.24, 2.45) is 0 Å².